The van der Waals surface area contributed by atoms with Crippen molar-refractivity contribution in [1.82, 2.24) is 4.57 Å². The number of rotatable bonds is 9. The number of hydrogen-bond donors (Lipinski definition) is 6. The molecule has 20 heteroatoms. The summed E-state index contributed by atoms with van der Waals surface area (Å²) in [4.78, 5) is 48.5. The van der Waals surface area contributed by atoms with E-state index < -0.39 is 66.0 Å². The summed E-state index contributed by atoms with van der Waals surface area (Å²) in [6.45, 7) is -1.06. The number of benzene rings is 1. The van der Waals surface area contributed by atoms with Gasteiger partial charge < -0.3 is 39.3 Å². The van der Waals surface area contributed by atoms with Crippen molar-refractivity contribution < 1.29 is 70.5 Å². The lowest BCUT2D eigenvalue weighted by molar-refractivity contribution is -0.0533. The number of methoxy groups -OCH3 is 1. The average Bonchev–Trinajstić information content (AvgIpc) is 2.98. The Kier molecular flexibility index (Phi) is 8.07. The predicted molar refractivity (Wildman–Crippen MR) is 110 cm³/mol. The van der Waals surface area contributed by atoms with Crippen molar-refractivity contribution in [2.24, 2.45) is 0 Å². The molecule has 1 fully saturated rings. The Balaban J connectivity index is 1.76. The van der Waals surface area contributed by atoms with Crippen molar-refractivity contribution in [3.63, 3.8) is 0 Å². The van der Waals surface area contributed by atoms with Gasteiger partial charge in [-0.3, -0.25) is 13.9 Å². The van der Waals surface area contributed by atoms with Gasteiger partial charge >= 0.3 is 23.5 Å². The third-order valence-corrected chi connectivity index (χ3v) is 8.44. The summed E-state index contributed by atoms with van der Waals surface area (Å²) in [5.74, 6) is -0.953. The van der Waals surface area contributed by atoms with Gasteiger partial charge in [0, 0.05) is 6.20 Å². The highest BCUT2D eigenvalue weighted by Gasteiger charge is 2.46. The first-order valence-electron chi connectivity index (χ1n) is 9.22. The van der Waals surface area contributed by atoms with Crippen LogP contribution in [0.3, 0.4) is 0 Å². The highest BCUT2D eigenvalue weighted by atomic mass is 31.3. The van der Waals surface area contributed by atoms with Crippen LogP contribution in [0.5, 0.6) is 5.75 Å². The zero-order valence-corrected chi connectivity index (χ0v) is 20.0. The van der Waals surface area contributed by atoms with Crippen LogP contribution in [0.25, 0.3) is 10.8 Å². The van der Waals surface area contributed by atoms with E-state index in [1.807, 2.05) is 0 Å². The molecule has 0 aliphatic carbocycles. The first-order chi connectivity index (χ1) is 16.0. The minimum absolute atomic E-state index is 0.117. The van der Waals surface area contributed by atoms with Gasteiger partial charge in [-0.1, -0.05) is 0 Å². The van der Waals surface area contributed by atoms with E-state index in [0.717, 1.165) is 10.6 Å². The third-order valence-electron chi connectivity index (χ3n) is 4.63. The lowest BCUT2D eigenvalue weighted by Gasteiger charge is -2.19. The molecule has 35 heavy (non-hydrogen) atoms. The molecule has 0 bridgehead atoms. The number of aliphatic hydroxyl groups excluding tert-OH is 2. The van der Waals surface area contributed by atoms with E-state index in [-0.39, 0.29) is 11.1 Å². The Morgan fingerprint density at radius 1 is 1.06 bits per heavy atom. The van der Waals surface area contributed by atoms with Gasteiger partial charge in [0.25, 0.3) is 5.56 Å². The second kappa shape index (κ2) is 10.1. The maximum Gasteiger partial charge on any atom is 0.490 e. The number of fused-ring (bicyclic) bond motifs is 1. The zero-order chi connectivity index (χ0) is 26.3. The summed E-state index contributed by atoms with van der Waals surface area (Å²) < 4.78 is 70.4. The number of phosphoric ester groups is 1. The fourth-order valence-electron chi connectivity index (χ4n) is 3.18. The number of pyridine rings is 1. The largest absolute Gasteiger partial charge is 0.494 e. The summed E-state index contributed by atoms with van der Waals surface area (Å²) in [5, 5.41) is 20.7. The van der Waals surface area contributed by atoms with Crippen LogP contribution >= 0.6 is 23.5 Å². The molecule has 0 radical (unpaired) electrons. The number of nitrogens with zero attached hydrogens (tertiary/aromatic N) is 1. The SMILES string of the molecule is COc1cc2ccn([C@@H]3O[C@H](COP(=O)(O)OP(=O)(O)OP(=O)(O)O)[C@@H](O)[C@H]3O)c(=O)c2cc1F. The molecule has 0 amide bonds. The lowest BCUT2D eigenvalue weighted by atomic mass is 10.1. The second-order valence-electron chi connectivity index (χ2n) is 7.04. The van der Waals surface area contributed by atoms with Crippen LogP contribution in [0.1, 0.15) is 6.23 Å². The van der Waals surface area contributed by atoms with E-state index in [0.29, 0.717) is 5.39 Å². The first-order valence-corrected chi connectivity index (χ1v) is 13.7. The molecule has 2 heterocycles. The van der Waals surface area contributed by atoms with E-state index in [2.05, 4.69) is 13.1 Å². The molecule has 6 N–H and O–H groups in total. The molecule has 1 aromatic heterocycles. The molecule has 1 aliphatic rings. The van der Waals surface area contributed by atoms with Gasteiger partial charge in [-0.2, -0.15) is 8.62 Å². The minimum atomic E-state index is -5.76. The average molecular weight is 565 g/mol. The van der Waals surface area contributed by atoms with Gasteiger partial charge in [0.05, 0.1) is 19.1 Å². The van der Waals surface area contributed by atoms with Gasteiger partial charge in [0.15, 0.2) is 17.8 Å². The van der Waals surface area contributed by atoms with Crippen molar-refractivity contribution in [2.45, 2.75) is 24.5 Å². The standard InChI is InChI=1S/C15H19FNO15P3/c1-28-10-4-7-2-3-17(14(20)8(7)5-9(10)16)15-13(19)12(18)11(30-15)6-29-34(24,25)32-35(26,27)31-33(21,22)23/h2-5,11-13,15,18-19H,6H2,1H3,(H,24,25)(H,26,27)(H2,21,22,23)/t11-,12-,13-,15-/m1/s1. The van der Waals surface area contributed by atoms with Crippen LogP contribution in [-0.4, -0.2) is 66.4 Å². The maximum atomic E-state index is 14.1. The molecule has 16 nitrogen and oxygen atoms in total. The third kappa shape index (κ3) is 6.61. The van der Waals surface area contributed by atoms with Crippen LogP contribution in [-0.2, 0) is 31.6 Å². The highest BCUT2D eigenvalue weighted by molar-refractivity contribution is 7.66. The van der Waals surface area contributed by atoms with Crippen molar-refractivity contribution in [1.29, 1.82) is 0 Å². The maximum absolute atomic E-state index is 14.1. The molecule has 6 atom stereocenters. The summed E-state index contributed by atoms with van der Waals surface area (Å²) in [7, 11) is -15.6. The molecule has 0 saturated carbocycles. The van der Waals surface area contributed by atoms with Crippen LogP contribution in [0.2, 0.25) is 0 Å². The Hall–Kier alpha value is -1.55. The summed E-state index contributed by atoms with van der Waals surface area (Å²) in [6, 6.07) is 3.54. The summed E-state index contributed by atoms with van der Waals surface area (Å²) >= 11 is 0. The fraction of sp³-hybridized carbons (Fsp3) is 0.400. The summed E-state index contributed by atoms with van der Waals surface area (Å²) in [6.07, 6.45) is -5.60. The van der Waals surface area contributed by atoms with E-state index in [1.165, 1.54) is 25.4 Å². The van der Waals surface area contributed by atoms with Crippen molar-refractivity contribution >= 4 is 34.2 Å². The van der Waals surface area contributed by atoms with E-state index in [9.17, 15) is 38.0 Å². The predicted octanol–water partition coefficient (Wildman–Crippen LogP) is 0.112. The Labute approximate surface area is 194 Å². The Bertz CT molecular complexity index is 1310. The van der Waals surface area contributed by atoms with Gasteiger partial charge in [-0.15, -0.1) is 0 Å². The van der Waals surface area contributed by atoms with Gasteiger partial charge in [0.1, 0.15) is 18.3 Å². The van der Waals surface area contributed by atoms with Gasteiger partial charge in [0.2, 0.25) is 0 Å². The molecule has 1 aliphatic heterocycles. The number of aliphatic hydroxyl groups is 2. The quantitative estimate of drug-likeness (QED) is 0.221. The Morgan fingerprint density at radius 3 is 2.31 bits per heavy atom. The first kappa shape index (κ1) is 28.0. The normalized spacial score (nSPS) is 26.4. The number of ether oxygens (including phenoxy) is 2. The van der Waals surface area contributed by atoms with Crippen molar-refractivity contribution in [2.75, 3.05) is 13.7 Å². The zero-order valence-electron chi connectivity index (χ0n) is 17.4. The second-order valence-corrected chi connectivity index (χ2v) is 11.5. The van der Waals surface area contributed by atoms with Crippen molar-refractivity contribution in [3.05, 3.63) is 40.6 Å². The van der Waals surface area contributed by atoms with Crippen LogP contribution in [0.15, 0.2) is 29.2 Å². The van der Waals surface area contributed by atoms with Crippen molar-refractivity contribution in [3.8, 4) is 5.75 Å². The van der Waals surface area contributed by atoms with Gasteiger partial charge in [-0.05, 0) is 23.6 Å². The molecule has 0 spiro atoms. The van der Waals surface area contributed by atoms with E-state index in [4.69, 9.17) is 24.2 Å². The molecule has 2 aromatic rings. The topological polar surface area (TPSA) is 241 Å². The highest BCUT2D eigenvalue weighted by Crippen LogP contribution is 2.66. The number of hydrogen-bond acceptors (Lipinski definition) is 11. The number of phosphoric acid groups is 3. The molecule has 3 rings (SSSR count). The molecular weight excluding hydrogens is 546 g/mol. The van der Waals surface area contributed by atoms with Gasteiger partial charge in [-0.25, -0.2) is 18.1 Å². The Morgan fingerprint density at radius 2 is 1.71 bits per heavy atom. The van der Waals surface area contributed by atoms with E-state index >= 15 is 0 Å². The summed E-state index contributed by atoms with van der Waals surface area (Å²) in [5.41, 5.74) is -0.825. The fourth-order valence-corrected chi connectivity index (χ4v) is 6.21. The minimum Gasteiger partial charge on any atom is -0.494 e. The van der Waals surface area contributed by atoms with Crippen LogP contribution in [0.4, 0.5) is 4.39 Å². The van der Waals surface area contributed by atoms with Crippen LogP contribution in [0, 0.1) is 5.82 Å². The smallest absolute Gasteiger partial charge is 0.490 e. The molecule has 196 valence electrons. The molecular formula is C15H19FNO15P3. The number of halogens is 1. The van der Waals surface area contributed by atoms with E-state index in [1.54, 1.807) is 0 Å². The molecule has 1 saturated heterocycles. The molecule has 2 unspecified atom stereocenters. The van der Waals surface area contributed by atoms with Crippen LogP contribution < -0.4 is 10.3 Å². The lowest BCUT2D eigenvalue weighted by Crippen LogP contribution is -2.35. The number of aromatic nitrogens is 1. The molecule has 1 aromatic carbocycles. The monoisotopic (exact) mass is 565 g/mol.